The fourth-order valence-corrected chi connectivity index (χ4v) is 3.11. The minimum Gasteiger partial charge on any atom is -0.378 e. The van der Waals surface area contributed by atoms with E-state index in [0.717, 1.165) is 0 Å². The lowest BCUT2D eigenvalue weighted by molar-refractivity contribution is 0.0883. The lowest BCUT2D eigenvalue weighted by Crippen LogP contribution is -2.10. The molecule has 1 saturated carbocycles. The molecule has 1 heterocycles. The molecule has 2 fully saturated rings. The van der Waals surface area contributed by atoms with E-state index in [2.05, 4.69) is 0 Å². The van der Waals surface area contributed by atoms with Gasteiger partial charge in [0, 0.05) is 0 Å². The van der Waals surface area contributed by atoms with Gasteiger partial charge in [-0.1, -0.05) is 0 Å². The quantitative estimate of drug-likeness (QED) is 0.712. The van der Waals surface area contributed by atoms with Gasteiger partial charge in [0.15, 0.2) is 0 Å². The summed E-state index contributed by atoms with van der Waals surface area (Å²) in [7, 11) is 0. The van der Waals surface area contributed by atoms with Crippen molar-refractivity contribution in [2.45, 2.75) is 25.9 Å². The number of fused-ring (bicyclic) bond motifs is 1. The van der Waals surface area contributed by atoms with E-state index < -0.39 is 0 Å². The summed E-state index contributed by atoms with van der Waals surface area (Å²) in [4.78, 5) is 0. The third kappa shape index (κ3) is 1.24. The molecule has 3 heteroatoms. The van der Waals surface area contributed by atoms with Crippen molar-refractivity contribution in [3.63, 3.8) is 0 Å². The predicted octanol–water partition coefficient (Wildman–Crippen LogP) is 3.02. The molecule has 2 aliphatic rings. The average molecular weight is 224 g/mol. The van der Waals surface area contributed by atoms with Crippen LogP contribution < -0.4 is 0 Å². The lowest BCUT2D eigenvalue weighted by atomic mass is 10.00. The van der Waals surface area contributed by atoms with Gasteiger partial charge in [-0.3, -0.25) is 0 Å². The molecule has 3 rings (SSSR count). The van der Waals surface area contributed by atoms with Gasteiger partial charge >= 0.3 is 0 Å². The van der Waals surface area contributed by atoms with Gasteiger partial charge in [0.25, 0.3) is 0 Å². The monoisotopic (exact) mass is 224 g/mol. The van der Waals surface area contributed by atoms with E-state index in [1.165, 1.54) is 12.1 Å². The Kier molecular flexibility index (Phi) is 2.08. The van der Waals surface area contributed by atoms with Gasteiger partial charge in [-0.05, 0) is 54.9 Å². The molecule has 0 radical (unpaired) electrons. The van der Waals surface area contributed by atoms with Crippen molar-refractivity contribution >= 4 is 0 Å². The van der Waals surface area contributed by atoms with Gasteiger partial charge in [0.1, 0.15) is 11.6 Å². The molecule has 1 aromatic rings. The van der Waals surface area contributed by atoms with Crippen LogP contribution in [0.5, 0.6) is 0 Å². The normalized spacial score (nSPS) is 36.2. The molecule has 0 unspecified atom stereocenters. The standard InChI is InChI=1S/C13H14F2O/c1-6-9(14)3-4-10(15)11(6)13-8-5-16-7(2)12(8)13/h3-4,7-8,12-13H,5H2,1-2H3/t7-,8+,12-,13-/m1/s1. The Bertz CT molecular complexity index is 444. The summed E-state index contributed by atoms with van der Waals surface area (Å²) >= 11 is 0. The van der Waals surface area contributed by atoms with E-state index in [1.807, 2.05) is 6.92 Å². The molecular formula is C13H14F2O. The van der Waals surface area contributed by atoms with Crippen LogP contribution in [0.25, 0.3) is 0 Å². The van der Waals surface area contributed by atoms with Gasteiger partial charge in [-0.25, -0.2) is 8.78 Å². The molecule has 1 aromatic carbocycles. The second-order valence-corrected chi connectivity index (χ2v) is 4.87. The van der Waals surface area contributed by atoms with Crippen molar-refractivity contribution < 1.29 is 13.5 Å². The molecule has 0 aromatic heterocycles. The second kappa shape index (κ2) is 3.27. The van der Waals surface area contributed by atoms with Crippen molar-refractivity contribution in [1.82, 2.24) is 0 Å². The van der Waals surface area contributed by atoms with E-state index in [0.29, 0.717) is 29.6 Å². The third-order valence-electron chi connectivity index (χ3n) is 4.05. The fourth-order valence-electron chi connectivity index (χ4n) is 3.11. The Labute approximate surface area is 93.4 Å². The van der Waals surface area contributed by atoms with Crippen LogP contribution in [0.1, 0.15) is 24.0 Å². The molecule has 86 valence electrons. The number of benzene rings is 1. The third-order valence-corrected chi connectivity index (χ3v) is 4.05. The molecule has 1 aliphatic carbocycles. The minimum absolute atomic E-state index is 0.166. The van der Waals surface area contributed by atoms with Gasteiger partial charge in [-0.2, -0.15) is 0 Å². The topological polar surface area (TPSA) is 9.23 Å². The second-order valence-electron chi connectivity index (χ2n) is 4.87. The molecule has 4 atom stereocenters. The highest BCUT2D eigenvalue weighted by Gasteiger charge is 2.59. The molecule has 0 bridgehead atoms. The summed E-state index contributed by atoms with van der Waals surface area (Å²) in [5.74, 6) is 0.361. The summed E-state index contributed by atoms with van der Waals surface area (Å²) in [6, 6.07) is 2.43. The van der Waals surface area contributed by atoms with Crippen molar-refractivity contribution in [1.29, 1.82) is 0 Å². The molecule has 1 aliphatic heterocycles. The Hall–Kier alpha value is -0.960. The van der Waals surface area contributed by atoms with Crippen LogP contribution in [0.3, 0.4) is 0 Å². The maximum Gasteiger partial charge on any atom is 0.127 e. The summed E-state index contributed by atoms with van der Waals surface area (Å²) in [5.41, 5.74) is 1.04. The van der Waals surface area contributed by atoms with Crippen LogP contribution in [0, 0.1) is 30.4 Å². The van der Waals surface area contributed by atoms with Crippen LogP contribution in [0.15, 0.2) is 12.1 Å². The molecule has 0 N–H and O–H groups in total. The zero-order valence-electron chi connectivity index (χ0n) is 9.34. The van der Waals surface area contributed by atoms with Crippen molar-refractivity contribution in [3.05, 3.63) is 34.9 Å². The number of ether oxygens (including phenoxy) is 1. The highest BCUT2D eigenvalue weighted by molar-refractivity contribution is 5.38. The Morgan fingerprint density at radius 2 is 1.94 bits per heavy atom. The first kappa shape index (κ1) is 10.2. The van der Waals surface area contributed by atoms with Gasteiger partial charge < -0.3 is 4.74 Å². The van der Waals surface area contributed by atoms with Gasteiger partial charge in [0.05, 0.1) is 12.7 Å². The maximum absolute atomic E-state index is 13.7. The van der Waals surface area contributed by atoms with Crippen LogP contribution >= 0.6 is 0 Å². The molecule has 16 heavy (non-hydrogen) atoms. The van der Waals surface area contributed by atoms with Crippen LogP contribution in [0.4, 0.5) is 8.78 Å². The first-order valence-corrected chi connectivity index (χ1v) is 5.67. The summed E-state index contributed by atoms with van der Waals surface area (Å²) < 4.78 is 32.6. The van der Waals surface area contributed by atoms with E-state index in [1.54, 1.807) is 6.92 Å². The molecule has 1 nitrogen and oxygen atoms in total. The largest absolute Gasteiger partial charge is 0.378 e. The maximum atomic E-state index is 13.7. The Morgan fingerprint density at radius 1 is 1.25 bits per heavy atom. The van der Waals surface area contributed by atoms with E-state index >= 15 is 0 Å². The van der Waals surface area contributed by atoms with Crippen molar-refractivity contribution in [2.24, 2.45) is 11.8 Å². The zero-order valence-corrected chi connectivity index (χ0v) is 9.34. The van der Waals surface area contributed by atoms with E-state index in [9.17, 15) is 8.78 Å². The van der Waals surface area contributed by atoms with E-state index in [-0.39, 0.29) is 23.7 Å². The predicted molar refractivity (Wildman–Crippen MR) is 56.2 cm³/mol. The Balaban J connectivity index is 2.00. The number of halogens is 2. The van der Waals surface area contributed by atoms with Gasteiger partial charge in [0.2, 0.25) is 0 Å². The molecule has 0 amide bonds. The highest BCUT2D eigenvalue weighted by atomic mass is 19.1. The molecule has 0 spiro atoms. The summed E-state index contributed by atoms with van der Waals surface area (Å²) in [6.07, 6.45) is 0.178. The first-order valence-electron chi connectivity index (χ1n) is 5.67. The average Bonchev–Trinajstić information content (AvgIpc) is 2.83. The van der Waals surface area contributed by atoms with Gasteiger partial charge in [-0.15, -0.1) is 0 Å². The van der Waals surface area contributed by atoms with E-state index in [4.69, 9.17) is 4.74 Å². The highest BCUT2D eigenvalue weighted by Crippen LogP contribution is 2.61. The van der Waals surface area contributed by atoms with Crippen LogP contribution in [0.2, 0.25) is 0 Å². The fraction of sp³-hybridized carbons (Fsp3) is 0.538. The minimum atomic E-state index is -0.310. The molecule has 1 saturated heterocycles. The summed E-state index contributed by atoms with van der Waals surface area (Å²) in [6.45, 7) is 4.36. The SMILES string of the molecule is Cc1c(F)ccc(F)c1[C@H]1[C@H]2CO[C@H](C)[C@H]21. The lowest BCUT2D eigenvalue weighted by Gasteiger charge is -2.13. The van der Waals surface area contributed by atoms with Crippen molar-refractivity contribution in [2.75, 3.05) is 6.61 Å². The number of hydrogen-bond acceptors (Lipinski definition) is 1. The first-order chi connectivity index (χ1) is 7.61. The van der Waals surface area contributed by atoms with Crippen molar-refractivity contribution in [3.8, 4) is 0 Å². The smallest absolute Gasteiger partial charge is 0.127 e. The van der Waals surface area contributed by atoms with Crippen LogP contribution in [-0.4, -0.2) is 12.7 Å². The van der Waals surface area contributed by atoms with Crippen LogP contribution in [-0.2, 0) is 4.74 Å². The number of hydrogen-bond donors (Lipinski definition) is 0. The molecular weight excluding hydrogens is 210 g/mol. The zero-order chi connectivity index (χ0) is 11.4. The summed E-state index contributed by atoms with van der Waals surface area (Å²) in [5, 5.41) is 0. The Morgan fingerprint density at radius 3 is 2.56 bits per heavy atom. The number of rotatable bonds is 1.